The van der Waals surface area contributed by atoms with Crippen molar-refractivity contribution in [3.63, 3.8) is 0 Å². The molecule has 1 heterocycles. The zero-order valence-electron chi connectivity index (χ0n) is 14.9. The molecular formula is C20H24N3O2-. The molecule has 0 aliphatic rings. The van der Waals surface area contributed by atoms with E-state index >= 15 is 0 Å². The van der Waals surface area contributed by atoms with E-state index in [0.29, 0.717) is 22.1 Å². The second-order valence-electron chi connectivity index (χ2n) is 7.42. The summed E-state index contributed by atoms with van der Waals surface area (Å²) >= 11 is 0. The van der Waals surface area contributed by atoms with E-state index in [9.17, 15) is 0 Å². The Morgan fingerprint density at radius 2 is 1.80 bits per heavy atom. The van der Waals surface area contributed by atoms with Crippen molar-refractivity contribution in [3.05, 3.63) is 53.8 Å². The molecule has 0 amide bonds. The average molecular weight is 338 g/mol. The van der Waals surface area contributed by atoms with Gasteiger partial charge in [-0.3, -0.25) is 5.16 Å². The van der Waals surface area contributed by atoms with Crippen LogP contribution in [0.5, 0.6) is 11.5 Å². The molecule has 5 heteroatoms. The van der Waals surface area contributed by atoms with E-state index in [0.717, 1.165) is 25.3 Å². The van der Waals surface area contributed by atoms with Gasteiger partial charge in [-0.15, -0.1) is 0 Å². The Balaban J connectivity index is 1.56. The molecule has 0 saturated heterocycles. The highest BCUT2D eigenvalue weighted by Crippen LogP contribution is 2.30. The second kappa shape index (κ2) is 7.15. The van der Waals surface area contributed by atoms with E-state index in [1.165, 1.54) is 5.56 Å². The molecule has 2 aromatic carbocycles. The van der Waals surface area contributed by atoms with E-state index in [-0.39, 0.29) is 5.82 Å². The van der Waals surface area contributed by atoms with Crippen LogP contribution in [-0.4, -0.2) is 11.7 Å². The fourth-order valence-electron chi connectivity index (χ4n) is 2.49. The fourth-order valence-corrected chi connectivity index (χ4v) is 2.49. The third kappa shape index (κ3) is 4.73. The van der Waals surface area contributed by atoms with Crippen molar-refractivity contribution in [3.8, 4) is 11.5 Å². The van der Waals surface area contributed by atoms with Crippen LogP contribution in [-0.2, 0) is 6.54 Å². The molecule has 132 valence electrons. The third-order valence-corrected chi connectivity index (χ3v) is 3.98. The van der Waals surface area contributed by atoms with Crippen molar-refractivity contribution >= 4 is 16.8 Å². The van der Waals surface area contributed by atoms with E-state index in [2.05, 4.69) is 43.4 Å². The van der Waals surface area contributed by atoms with Gasteiger partial charge in [-0.2, -0.15) is 0 Å². The average Bonchev–Trinajstić information content (AvgIpc) is 2.93. The number of fused-ring (bicyclic) bond motifs is 1. The number of nitrogens with one attached hydrogen (secondary N) is 2. The van der Waals surface area contributed by atoms with Gasteiger partial charge in [0.2, 0.25) is 0 Å². The molecule has 3 rings (SSSR count). The van der Waals surface area contributed by atoms with Crippen molar-refractivity contribution in [1.29, 1.82) is 0 Å². The first-order valence-electron chi connectivity index (χ1n) is 8.49. The lowest BCUT2D eigenvalue weighted by atomic mass is 9.92. The maximum Gasteiger partial charge on any atom is 0.140 e. The summed E-state index contributed by atoms with van der Waals surface area (Å²) < 4.78 is 11.0. The highest BCUT2D eigenvalue weighted by molar-refractivity contribution is 5.88. The summed E-state index contributed by atoms with van der Waals surface area (Å²) in [5, 5.41) is 7.79. The third-order valence-electron chi connectivity index (χ3n) is 3.98. The predicted octanol–water partition coefficient (Wildman–Crippen LogP) is 5.83. The first-order valence-corrected chi connectivity index (χ1v) is 8.49. The molecule has 0 aliphatic heterocycles. The van der Waals surface area contributed by atoms with Gasteiger partial charge < -0.3 is 20.3 Å². The van der Waals surface area contributed by atoms with E-state index in [4.69, 9.17) is 15.0 Å². The molecule has 0 bridgehead atoms. The Labute approximate surface area is 148 Å². The molecular weight excluding hydrogens is 314 g/mol. The lowest BCUT2D eigenvalue weighted by Gasteiger charge is -2.18. The van der Waals surface area contributed by atoms with Crippen LogP contribution in [0.3, 0.4) is 0 Å². The highest BCUT2D eigenvalue weighted by atomic mass is 16.5. The van der Waals surface area contributed by atoms with Crippen LogP contribution in [0.15, 0.2) is 47.0 Å². The van der Waals surface area contributed by atoms with E-state index < -0.39 is 0 Å². The number of benzene rings is 2. The molecule has 0 atom stereocenters. The number of ether oxygens (including phenoxy) is 1. The number of aromatic nitrogens is 1. The number of hydrogen-bond donors (Lipinski definition) is 1. The normalized spacial score (nSPS) is 11.8. The van der Waals surface area contributed by atoms with Gasteiger partial charge in [-0.05, 0) is 54.0 Å². The van der Waals surface area contributed by atoms with Crippen molar-refractivity contribution in [2.45, 2.75) is 33.7 Å². The number of rotatable bonds is 6. The van der Waals surface area contributed by atoms with Gasteiger partial charge in [0.05, 0.1) is 0 Å². The summed E-state index contributed by atoms with van der Waals surface area (Å²) in [4.78, 5) is 0. The summed E-state index contributed by atoms with van der Waals surface area (Å²) in [6.45, 7) is 8.62. The van der Waals surface area contributed by atoms with Crippen LogP contribution in [0.4, 0.5) is 5.82 Å². The van der Waals surface area contributed by atoms with Crippen LogP contribution in [0.2, 0.25) is 0 Å². The smallest absolute Gasteiger partial charge is 0.140 e. The molecule has 0 unspecified atom stereocenters. The summed E-state index contributed by atoms with van der Waals surface area (Å²) in [5.41, 5.74) is 9.75. The molecule has 0 spiro atoms. The second-order valence-corrected chi connectivity index (χ2v) is 7.42. The van der Waals surface area contributed by atoms with Crippen molar-refractivity contribution in [2.24, 2.45) is 5.41 Å². The Morgan fingerprint density at radius 1 is 1.08 bits per heavy atom. The summed E-state index contributed by atoms with van der Waals surface area (Å²) in [6, 6.07) is 13.4. The molecule has 0 saturated carbocycles. The number of hydrogen-bond acceptors (Lipinski definition) is 4. The van der Waals surface area contributed by atoms with Gasteiger partial charge in [0.25, 0.3) is 0 Å². The lowest BCUT2D eigenvalue weighted by molar-refractivity contribution is 0.366. The largest absolute Gasteiger partial charge is 0.479 e. The van der Waals surface area contributed by atoms with Gasteiger partial charge in [0.1, 0.15) is 17.1 Å². The Morgan fingerprint density at radius 3 is 2.52 bits per heavy atom. The van der Waals surface area contributed by atoms with Crippen LogP contribution in [0.1, 0.15) is 32.8 Å². The van der Waals surface area contributed by atoms with Gasteiger partial charge in [0.15, 0.2) is 0 Å². The molecule has 0 aliphatic carbocycles. The minimum atomic E-state index is 0.143. The van der Waals surface area contributed by atoms with Crippen LogP contribution >= 0.6 is 0 Å². The lowest BCUT2D eigenvalue weighted by Crippen LogP contribution is -2.20. The van der Waals surface area contributed by atoms with Crippen molar-refractivity contribution in [2.75, 3.05) is 6.54 Å². The summed E-state index contributed by atoms with van der Waals surface area (Å²) in [5.74, 6) is 1.58. The fraction of sp³-hybridized carbons (Fsp3) is 0.350. The first-order chi connectivity index (χ1) is 11.9. The Kier molecular flexibility index (Phi) is 4.95. The zero-order chi connectivity index (χ0) is 17.9. The Bertz CT molecular complexity index is 832. The van der Waals surface area contributed by atoms with Gasteiger partial charge >= 0.3 is 0 Å². The molecule has 1 aromatic heterocycles. The quantitative estimate of drug-likeness (QED) is 0.574. The molecule has 0 fully saturated rings. The maximum atomic E-state index is 7.61. The van der Waals surface area contributed by atoms with E-state index in [1.807, 2.05) is 18.2 Å². The number of nitrogens with zero attached hydrogens (tertiary/aromatic N) is 1. The van der Waals surface area contributed by atoms with E-state index in [1.54, 1.807) is 12.1 Å². The van der Waals surface area contributed by atoms with Crippen molar-refractivity contribution < 1.29 is 9.26 Å². The van der Waals surface area contributed by atoms with Crippen molar-refractivity contribution in [1.82, 2.24) is 10.5 Å². The van der Waals surface area contributed by atoms with Gasteiger partial charge in [-0.1, -0.05) is 32.9 Å². The molecule has 2 N–H and O–H groups in total. The van der Waals surface area contributed by atoms with Crippen LogP contribution in [0.25, 0.3) is 16.7 Å². The van der Waals surface area contributed by atoms with Crippen LogP contribution in [0, 0.1) is 5.41 Å². The molecule has 25 heavy (non-hydrogen) atoms. The summed E-state index contributed by atoms with van der Waals surface area (Å²) in [7, 11) is 0. The standard InChI is InChI=1S/C20H24N3O2/c1-20(2,3)10-11-22-13-14-4-6-15(7-5-14)24-16-8-9-17-18(12-16)25-23-19(17)21/h4-9,12,22H,10-11,13H2,1-3H3,(H-,21,23)/q-1. The van der Waals surface area contributed by atoms with Gasteiger partial charge in [-0.25, -0.2) is 0 Å². The first kappa shape index (κ1) is 17.3. The molecule has 5 nitrogen and oxygen atoms in total. The minimum Gasteiger partial charge on any atom is -0.479 e. The topological polar surface area (TPSA) is 71.1 Å². The van der Waals surface area contributed by atoms with Gasteiger partial charge in [0, 0.05) is 18.0 Å². The minimum absolute atomic E-state index is 0.143. The maximum absolute atomic E-state index is 7.61. The predicted molar refractivity (Wildman–Crippen MR) is 100 cm³/mol. The monoisotopic (exact) mass is 338 g/mol. The molecule has 3 aromatic rings. The molecule has 0 radical (unpaired) electrons. The highest BCUT2D eigenvalue weighted by Gasteiger charge is 2.08. The zero-order valence-corrected chi connectivity index (χ0v) is 14.9. The van der Waals surface area contributed by atoms with Crippen LogP contribution < -0.4 is 10.1 Å². The SMILES string of the molecule is CC(C)(C)CCNCc1ccc(Oc2ccc3c([NH-])noc3c2)cc1. The Hall–Kier alpha value is -2.53. The summed E-state index contributed by atoms with van der Waals surface area (Å²) in [6.07, 6.45) is 1.15.